The van der Waals surface area contributed by atoms with Crippen LogP contribution in [-0.4, -0.2) is 28.6 Å². The van der Waals surface area contributed by atoms with Crippen molar-refractivity contribution >= 4 is 0 Å². The van der Waals surface area contributed by atoms with Gasteiger partial charge in [-0.1, -0.05) is 26.0 Å². The van der Waals surface area contributed by atoms with Crippen molar-refractivity contribution < 1.29 is 4.84 Å². The van der Waals surface area contributed by atoms with E-state index in [1.54, 1.807) is 7.05 Å². The van der Waals surface area contributed by atoms with Gasteiger partial charge in [-0.25, -0.2) is 5.48 Å². The van der Waals surface area contributed by atoms with Crippen LogP contribution >= 0.6 is 0 Å². The van der Waals surface area contributed by atoms with Gasteiger partial charge in [-0.2, -0.15) is 0 Å². The molecule has 0 aliphatic rings. The zero-order chi connectivity index (χ0) is 11.3. The molecule has 0 aliphatic carbocycles. The third kappa shape index (κ3) is 3.97. The quantitative estimate of drug-likeness (QED) is 0.715. The molecule has 86 valence electrons. The number of hydrogen-bond donors (Lipinski definition) is 1. The van der Waals surface area contributed by atoms with Crippen LogP contribution in [0.1, 0.15) is 26.5 Å². The van der Waals surface area contributed by atoms with Crippen molar-refractivity contribution in [2.24, 2.45) is 5.41 Å². The van der Waals surface area contributed by atoms with Crippen molar-refractivity contribution in [3.05, 3.63) is 11.9 Å². The second-order valence-corrected chi connectivity index (χ2v) is 4.42. The first-order valence-electron chi connectivity index (χ1n) is 5.25. The van der Waals surface area contributed by atoms with Gasteiger partial charge in [0.1, 0.15) is 0 Å². The lowest BCUT2D eigenvalue weighted by atomic mass is 9.95. The van der Waals surface area contributed by atoms with Crippen molar-refractivity contribution in [1.82, 2.24) is 20.5 Å². The number of hydroxylamine groups is 1. The highest BCUT2D eigenvalue weighted by atomic mass is 16.6. The highest BCUT2D eigenvalue weighted by molar-refractivity contribution is 4.91. The number of aryl methyl sites for hydroxylation is 1. The van der Waals surface area contributed by atoms with Crippen LogP contribution in [0.2, 0.25) is 0 Å². The standard InChI is InChI=1S/C10H20N4O/c1-5-9-6-14(13-12-9)7-10(2,3)8-15-11-4/h6,11H,5,7-8H2,1-4H3. The van der Waals surface area contributed by atoms with E-state index in [9.17, 15) is 0 Å². The van der Waals surface area contributed by atoms with Crippen LogP contribution in [0, 0.1) is 5.41 Å². The van der Waals surface area contributed by atoms with Crippen molar-refractivity contribution in [2.75, 3.05) is 13.7 Å². The second-order valence-electron chi connectivity index (χ2n) is 4.42. The SMILES string of the molecule is CCc1cn(CC(C)(C)CONC)nn1. The Balaban J connectivity index is 2.52. The molecule has 1 rings (SSSR count). The van der Waals surface area contributed by atoms with Gasteiger partial charge in [-0.3, -0.25) is 4.68 Å². The molecule has 0 radical (unpaired) electrons. The van der Waals surface area contributed by atoms with Crippen LogP contribution in [-0.2, 0) is 17.8 Å². The van der Waals surface area contributed by atoms with Crippen molar-refractivity contribution in [1.29, 1.82) is 0 Å². The molecule has 0 atom stereocenters. The molecular weight excluding hydrogens is 192 g/mol. The van der Waals surface area contributed by atoms with E-state index in [0.717, 1.165) is 18.7 Å². The second kappa shape index (κ2) is 5.23. The molecule has 1 N–H and O–H groups in total. The van der Waals surface area contributed by atoms with Gasteiger partial charge in [-0.05, 0) is 6.42 Å². The van der Waals surface area contributed by atoms with Gasteiger partial charge in [0.25, 0.3) is 0 Å². The minimum atomic E-state index is 0.0434. The van der Waals surface area contributed by atoms with E-state index in [1.165, 1.54) is 0 Å². The minimum absolute atomic E-state index is 0.0434. The third-order valence-electron chi connectivity index (χ3n) is 2.15. The summed E-state index contributed by atoms with van der Waals surface area (Å²) >= 11 is 0. The van der Waals surface area contributed by atoms with Gasteiger partial charge in [0, 0.05) is 18.7 Å². The van der Waals surface area contributed by atoms with E-state index in [-0.39, 0.29) is 5.41 Å². The molecule has 1 aromatic heterocycles. The Hall–Kier alpha value is -0.940. The molecule has 5 heteroatoms. The number of aromatic nitrogens is 3. The van der Waals surface area contributed by atoms with E-state index >= 15 is 0 Å². The molecule has 0 saturated heterocycles. The minimum Gasteiger partial charge on any atom is -0.301 e. The fraction of sp³-hybridized carbons (Fsp3) is 0.800. The van der Waals surface area contributed by atoms with E-state index in [0.29, 0.717) is 6.61 Å². The molecule has 0 saturated carbocycles. The summed E-state index contributed by atoms with van der Waals surface area (Å²) in [7, 11) is 1.76. The molecule has 0 aliphatic heterocycles. The van der Waals surface area contributed by atoms with E-state index in [2.05, 4.69) is 36.6 Å². The Labute approximate surface area is 90.8 Å². The Bertz CT molecular complexity index is 295. The lowest BCUT2D eigenvalue weighted by Gasteiger charge is -2.23. The third-order valence-corrected chi connectivity index (χ3v) is 2.15. The van der Waals surface area contributed by atoms with Crippen LogP contribution in [0.25, 0.3) is 0 Å². The number of nitrogens with zero attached hydrogens (tertiary/aromatic N) is 3. The summed E-state index contributed by atoms with van der Waals surface area (Å²) in [4.78, 5) is 5.19. The van der Waals surface area contributed by atoms with Gasteiger partial charge in [0.15, 0.2) is 0 Å². The average molecular weight is 212 g/mol. The largest absolute Gasteiger partial charge is 0.301 e. The smallest absolute Gasteiger partial charge is 0.0824 e. The zero-order valence-corrected chi connectivity index (χ0v) is 9.95. The van der Waals surface area contributed by atoms with Gasteiger partial charge in [0.2, 0.25) is 0 Å². The summed E-state index contributed by atoms with van der Waals surface area (Å²) in [5.41, 5.74) is 3.75. The van der Waals surface area contributed by atoms with E-state index in [1.807, 2.05) is 10.9 Å². The molecule has 1 heterocycles. The van der Waals surface area contributed by atoms with Gasteiger partial charge >= 0.3 is 0 Å². The normalized spacial score (nSPS) is 12.0. The maximum atomic E-state index is 5.19. The van der Waals surface area contributed by atoms with Crippen LogP contribution in [0.3, 0.4) is 0 Å². The van der Waals surface area contributed by atoms with Crippen molar-refractivity contribution in [2.45, 2.75) is 33.7 Å². The topological polar surface area (TPSA) is 52.0 Å². The lowest BCUT2D eigenvalue weighted by molar-refractivity contribution is -0.00372. The molecule has 0 aromatic carbocycles. The molecule has 5 nitrogen and oxygen atoms in total. The monoisotopic (exact) mass is 212 g/mol. The highest BCUT2D eigenvalue weighted by Gasteiger charge is 2.19. The molecule has 0 unspecified atom stereocenters. The average Bonchev–Trinajstić information content (AvgIpc) is 2.62. The maximum Gasteiger partial charge on any atom is 0.0824 e. The molecular formula is C10H20N4O. The molecule has 0 spiro atoms. The first kappa shape index (κ1) is 12.1. The van der Waals surface area contributed by atoms with Crippen molar-refractivity contribution in [3.63, 3.8) is 0 Å². The van der Waals surface area contributed by atoms with E-state index < -0.39 is 0 Å². The summed E-state index contributed by atoms with van der Waals surface area (Å²) in [6, 6.07) is 0. The van der Waals surface area contributed by atoms with E-state index in [4.69, 9.17) is 4.84 Å². The Kier molecular flexibility index (Phi) is 4.23. The first-order chi connectivity index (χ1) is 7.07. The highest BCUT2D eigenvalue weighted by Crippen LogP contribution is 2.17. The van der Waals surface area contributed by atoms with Crippen LogP contribution in [0.15, 0.2) is 6.20 Å². The van der Waals surface area contributed by atoms with Crippen molar-refractivity contribution in [3.8, 4) is 0 Å². The fourth-order valence-corrected chi connectivity index (χ4v) is 1.33. The Morgan fingerprint density at radius 3 is 2.80 bits per heavy atom. The van der Waals surface area contributed by atoms with Crippen LogP contribution < -0.4 is 5.48 Å². The van der Waals surface area contributed by atoms with Crippen LogP contribution in [0.5, 0.6) is 0 Å². The summed E-state index contributed by atoms with van der Waals surface area (Å²) in [5.74, 6) is 0. The van der Waals surface area contributed by atoms with Gasteiger partial charge in [0.05, 0.1) is 18.8 Å². The first-order valence-corrected chi connectivity index (χ1v) is 5.25. The Morgan fingerprint density at radius 1 is 1.53 bits per heavy atom. The predicted molar refractivity (Wildman–Crippen MR) is 58.2 cm³/mol. The summed E-state index contributed by atoms with van der Waals surface area (Å²) < 4.78 is 1.87. The lowest BCUT2D eigenvalue weighted by Crippen LogP contribution is -2.28. The molecule has 15 heavy (non-hydrogen) atoms. The molecule has 0 amide bonds. The van der Waals surface area contributed by atoms with Gasteiger partial charge in [-0.15, -0.1) is 5.10 Å². The molecule has 0 fully saturated rings. The number of rotatable bonds is 6. The van der Waals surface area contributed by atoms with Crippen LogP contribution in [0.4, 0.5) is 0 Å². The zero-order valence-electron chi connectivity index (χ0n) is 9.95. The summed E-state index contributed by atoms with van der Waals surface area (Å²) in [6.07, 6.45) is 2.91. The summed E-state index contributed by atoms with van der Waals surface area (Å²) in [5, 5.41) is 8.13. The molecule has 1 aromatic rings. The number of hydrogen-bond acceptors (Lipinski definition) is 4. The Morgan fingerprint density at radius 2 is 2.27 bits per heavy atom. The van der Waals surface area contributed by atoms with Gasteiger partial charge < -0.3 is 4.84 Å². The maximum absolute atomic E-state index is 5.19. The summed E-state index contributed by atoms with van der Waals surface area (Å²) in [6.45, 7) is 7.80. The predicted octanol–water partition coefficient (Wildman–Crippen LogP) is 1.02. The number of nitrogens with one attached hydrogen (secondary N) is 1. The molecule has 0 bridgehead atoms. The fourth-order valence-electron chi connectivity index (χ4n) is 1.33.